The maximum absolute atomic E-state index is 12.5. The zero-order valence-electron chi connectivity index (χ0n) is 10.3. The van der Waals surface area contributed by atoms with Crippen molar-refractivity contribution in [1.29, 1.82) is 0 Å². The van der Waals surface area contributed by atoms with Crippen molar-refractivity contribution in [3.8, 4) is 0 Å². The summed E-state index contributed by atoms with van der Waals surface area (Å²) in [6.45, 7) is 0.274. The molecule has 0 aromatic carbocycles. The minimum Gasteiger partial charge on any atom is -0.481 e. The van der Waals surface area contributed by atoms with Crippen LogP contribution in [-0.2, 0) is 4.79 Å². The third kappa shape index (κ3) is 8.22. The van der Waals surface area contributed by atoms with Crippen LogP contribution in [0.1, 0.15) is 19.8 Å². The summed E-state index contributed by atoms with van der Waals surface area (Å²) < 4.78 is 48.5. The van der Waals surface area contributed by atoms with Gasteiger partial charge in [0.2, 0.25) is 0 Å². The summed E-state index contributed by atoms with van der Waals surface area (Å²) in [5.74, 6) is -5.42. The van der Waals surface area contributed by atoms with Gasteiger partial charge in [-0.1, -0.05) is 6.92 Å². The molecule has 0 aliphatic rings. The number of hydrogen-bond donors (Lipinski definition) is 3. The molecule has 0 radical (unpaired) electrons. The predicted octanol–water partition coefficient (Wildman–Crippen LogP) is 1.69. The van der Waals surface area contributed by atoms with E-state index in [1.54, 1.807) is 12.2 Å². The number of urea groups is 1. The molecule has 0 spiro atoms. The first-order valence-electron chi connectivity index (χ1n) is 5.54. The molecule has 0 fully saturated rings. The van der Waals surface area contributed by atoms with E-state index in [9.17, 15) is 27.2 Å². The summed E-state index contributed by atoms with van der Waals surface area (Å²) >= 11 is 0. The van der Waals surface area contributed by atoms with Crippen LogP contribution >= 0.6 is 0 Å². The maximum Gasteiger partial charge on any atom is 0.324 e. The monoisotopic (exact) mass is 288 g/mol. The maximum atomic E-state index is 12.5. The molecule has 3 N–H and O–H groups in total. The van der Waals surface area contributed by atoms with E-state index in [0.717, 1.165) is 0 Å². The molecule has 1 unspecified atom stereocenters. The van der Waals surface area contributed by atoms with Crippen molar-refractivity contribution in [3.63, 3.8) is 0 Å². The second-order valence-electron chi connectivity index (χ2n) is 4.16. The van der Waals surface area contributed by atoms with Gasteiger partial charge in [-0.15, -0.1) is 0 Å². The van der Waals surface area contributed by atoms with Gasteiger partial charge in [0.25, 0.3) is 0 Å². The first kappa shape index (κ1) is 17.5. The Bertz CT molecular complexity index is 313. The Kier molecular flexibility index (Phi) is 7.17. The lowest BCUT2D eigenvalue weighted by atomic mass is 10.1. The summed E-state index contributed by atoms with van der Waals surface area (Å²) in [5.41, 5.74) is 0. The average Bonchev–Trinajstić information content (AvgIpc) is 2.31. The average molecular weight is 288 g/mol. The van der Waals surface area contributed by atoms with E-state index >= 15 is 0 Å². The molecular weight excluding hydrogens is 272 g/mol. The van der Waals surface area contributed by atoms with Gasteiger partial charge in [0, 0.05) is 13.0 Å². The highest BCUT2D eigenvalue weighted by Crippen LogP contribution is 2.21. The number of nitrogens with one attached hydrogen (secondary N) is 2. The lowest BCUT2D eigenvalue weighted by Gasteiger charge is -2.17. The van der Waals surface area contributed by atoms with Gasteiger partial charge >= 0.3 is 24.3 Å². The number of rotatable bonds is 8. The molecule has 19 heavy (non-hydrogen) atoms. The van der Waals surface area contributed by atoms with Crippen molar-refractivity contribution < 1.29 is 32.3 Å². The molecule has 0 aliphatic carbocycles. The third-order valence-corrected chi connectivity index (χ3v) is 2.27. The Morgan fingerprint density at radius 2 is 1.84 bits per heavy atom. The Balaban J connectivity index is 3.84. The second kappa shape index (κ2) is 7.80. The molecule has 9 heteroatoms. The third-order valence-electron chi connectivity index (χ3n) is 2.27. The van der Waals surface area contributed by atoms with E-state index in [2.05, 4.69) is 5.32 Å². The van der Waals surface area contributed by atoms with Gasteiger partial charge < -0.3 is 15.7 Å². The molecule has 0 aliphatic heterocycles. The van der Waals surface area contributed by atoms with E-state index < -0.39 is 30.9 Å². The molecule has 2 amide bonds. The molecule has 0 heterocycles. The number of amides is 2. The minimum absolute atomic E-state index is 0.0688. The first-order chi connectivity index (χ1) is 8.65. The lowest BCUT2D eigenvalue weighted by molar-refractivity contribution is -0.137. The van der Waals surface area contributed by atoms with Crippen LogP contribution in [0.2, 0.25) is 0 Å². The number of carboxylic acid groups (broad SMARTS) is 1. The number of alkyl halides is 4. The molecule has 0 saturated heterocycles. The Hall–Kier alpha value is -1.54. The molecule has 0 rings (SSSR count). The van der Waals surface area contributed by atoms with Crippen molar-refractivity contribution in [2.75, 3.05) is 13.1 Å². The Morgan fingerprint density at radius 1 is 1.26 bits per heavy atom. The number of carboxylic acids is 1. The van der Waals surface area contributed by atoms with Crippen molar-refractivity contribution in [2.24, 2.45) is 5.92 Å². The fourth-order valence-corrected chi connectivity index (χ4v) is 1.08. The summed E-state index contributed by atoms with van der Waals surface area (Å²) in [6, 6.07) is -0.998. The molecule has 0 aromatic rings. The summed E-state index contributed by atoms with van der Waals surface area (Å²) in [7, 11) is 0. The fraction of sp³-hybridized carbons (Fsp3) is 0.800. The standard InChI is InChI=1S/C10H16F4N2O3/c1-6(2-3-7(17)18)4-15-9(19)16-5-10(13,14)8(11)12/h6,8H,2-5H2,1H3,(H,17,18)(H2,15,16,19). The number of halogens is 4. The molecule has 112 valence electrons. The van der Waals surface area contributed by atoms with Crippen LogP contribution in [0.3, 0.4) is 0 Å². The zero-order chi connectivity index (χ0) is 15.1. The molecule has 1 atom stereocenters. The molecule has 0 aromatic heterocycles. The van der Waals surface area contributed by atoms with Crippen LogP contribution in [0.25, 0.3) is 0 Å². The van der Waals surface area contributed by atoms with Crippen LogP contribution in [-0.4, -0.2) is 42.5 Å². The molecule has 0 bridgehead atoms. The largest absolute Gasteiger partial charge is 0.481 e. The van der Waals surface area contributed by atoms with E-state index in [1.165, 1.54) is 0 Å². The van der Waals surface area contributed by atoms with Crippen molar-refractivity contribution in [3.05, 3.63) is 0 Å². The van der Waals surface area contributed by atoms with E-state index in [0.29, 0.717) is 6.42 Å². The van der Waals surface area contributed by atoms with Crippen LogP contribution in [0.15, 0.2) is 0 Å². The van der Waals surface area contributed by atoms with Gasteiger partial charge in [0.1, 0.15) is 0 Å². The molecular formula is C10H16F4N2O3. The Morgan fingerprint density at radius 3 is 2.32 bits per heavy atom. The number of hydrogen-bond acceptors (Lipinski definition) is 2. The van der Waals surface area contributed by atoms with Crippen LogP contribution in [0, 0.1) is 5.92 Å². The SMILES string of the molecule is CC(CCC(=O)O)CNC(=O)NCC(F)(F)C(F)F. The summed E-state index contributed by atoms with van der Waals surface area (Å²) in [4.78, 5) is 21.3. The second-order valence-corrected chi connectivity index (χ2v) is 4.16. The van der Waals surface area contributed by atoms with Gasteiger partial charge in [-0.2, -0.15) is 8.78 Å². The van der Waals surface area contributed by atoms with Gasteiger partial charge in [0.15, 0.2) is 0 Å². The van der Waals surface area contributed by atoms with Crippen LogP contribution in [0.5, 0.6) is 0 Å². The van der Waals surface area contributed by atoms with E-state index in [-0.39, 0.29) is 18.9 Å². The lowest BCUT2D eigenvalue weighted by Crippen LogP contribution is -2.46. The molecule has 0 saturated carbocycles. The number of carbonyl (C=O) groups is 2. The van der Waals surface area contributed by atoms with Crippen molar-refractivity contribution in [2.45, 2.75) is 32.1 Å². The highest BCUT2D eigenvalue weighted by atomic mass is 19.3. The quantitative estimate of drug-likeness (QED) is 0.595. The van der Waals surface area contributed by atoms with E-state index in [1.807, 2.05) is 0 Å². The minimum atomic E-state index is -4.27. The highest BCUT2D eigenvalue weighted by Gasteiger charge is 2.40. The fourth-order valence-electron chi connectivity index (χ4n) is 1.08. The normalized spacial score (nSPS) is 13.2. The number of aliphatic carboxylic acids is 1. The smallest absolute Gasteiger partial charge is 0.324 e. The van der Waals surface area contributed by atoms with Gasteiger partial charge in [-0.05, 0) is 12.3 Å². The summed E-state index contributed by atoms with van der Waals surface area (Å²) in [5, 5.41) is 12.2. The van der Waals surface area contributed by atoms with Crippen LogP contribution in [0.4, 0.5) is 22.4 Å². The topological polar surface area (TPSA) is 78.4 Å². The predicted molar refractivity (Wildman–Crippen MR) is 58.4 cm³/mol. The Labute approximate surface area is 107 Å². The first-order valence-corrected chi connectivity index (χ1v) is 5.54. The highest BCUT2D eigenvalue weighted by molar-refractivity contribution is 5.73. The summed E-state index contributed by atoms with van der Waals surface area (Å²) in [6.07, 6.45) is -3.61. The van der Waals surface area contributed by atoms with E-state index in [4.69, 9.17) is 5.11 Å². The zero-order valence-corrected chi connectivity index (χ0v) is 10.3. The number of carbonyl (C=O) groups excluding carboxylic acids is 1. The van der Waals surface area contributed by atoms with Gasteiger partial charge in [0.05, 0.1) is 6.54 Å². The van der Waals surface area contributed by atoms with Gasteiger partial charge in [-0.3, -0.25) is 4.79 Å². The molecule has 5 nitrogen and oxygen atoms in total. The van der Waals surface area contributed by atoms with Gasteiger partial charge in [-0.25, -0.2) is 13.6 Å². The van der Waals surface area contributed by atoms with Crippen molar-refractivity contribution in [1.82, 2.24) is 10.6 Å². The van der Waals surface area contributed by atoms with Crippen LogP contribution < -0.4 is 10.6 Å². The van der Waals surface area contributed by atoms with Crippen molar-refractivity contribution >= 4 is 12.0 Å².